The molecule has 1 aromatic heterocycles. The van der Waals surface area contributed by atoms with Gasteiger partial charge in [-0.3, -0.25) is 0 Å². The first-order valence-electron chi connectivity index (χ1n) is 3.79. The molecular weight excluding hydrogens is 197 g/mol. The second kappa shape index (κ2) is 2.94. The fourth-order valence-electron chi connectivity index (χ4n) is 1.12. The molecule has 2 aromatic rings. The van der Waals surface area contributed by atoms with Crippen LogP contribution in [0.2, 0.25) is 0 Å². The van der Waals surface area contributed by atoms with Crippen LogP contribution >= 0.6 is 0 Å². The molecule has 0 unspecified atom stereocenters. The molecule has 0 atom stereocenters. The third-order valence-corrected chi connectivity index (χ3v) is 1.62. The summed E-state index contributed by atoms with van der Waals surface area (Å²) in [4.78, 5) is 0. The molecule has 1 heterocycles. The van der Waals surface area contributed by atoms with E-state index in [1.54, 1.807) is 24.3 Å². The fraction of sp³-hybridized carbons (Fsp3) is 0.111. The van der Waals surface area contributed by atoms with E-state index >= 15 is 0 Å². The molecule has 1 aromatic carbocycles. The number of benzene rings is 1. The maximum absolute atomic E-state index is 11.8. The van der Waals surface area contributed by atoms with Crippen LogP contribution in [0.25, 0.3) is 11.0 Å². The second-order valence-corrected chi connectivity index (χ2v) is 2.65. The molecule has 0 aliphatic heterocycles. The van der Waals surface area contributed by atoms with Crippen molar-refractivity contribution in [1.29, 1.82) is 0 Å². The van der Waals surface area contributed by atoms with E-state index in [1.165, 1.54) is 6.07 Å². The van der Waals surface area contributed by atoms with Gasteiger partial charge in [-0.05, 0) is 6.07 Å². The topological polar surface area (TPSA) is 22.4 Å². The smallest absolute Gasteiger partial charge is 0.425 e. The molecule has 2 nitrogen and oxygen atoms in total. The summed E-state index contributed by atoms with van der Waals surface area (Å²) in [6.07, 6.45) is -4.71. The number of halogens is 3. The Bertz CT molecular complexity index is 411. The molecule has 5 heteroatoms. The molecule has 0 fully saturated rings. The van der Waals surface area contributed by atoms with Crippen molar-refractivity contribution < 1.29 is 22.3 Å². The van der Waals surface area contributed by atoms with Crippen LogP contribution in [-0.4, -0.2) is 6.36 Å². The summed E-state index contributed by atoms with van der Waals surface area (Å²) in [6.45, 7) is 0. The quantitative estimate of drug-likeness (QED) is 0.707. The normalized spacial score (nSPS) is 11.9. The van der Waals surface area contributed by atoms with Crippen molar-refractivity contribution in [2.24, 2.45) is 0 Å². The number of ether oxygens (including phenoxy) is 1. The van der Waals surface area contributed by atoms with Gasteiger partial charge in [0.25, 0.3) is 5.95 Å². The summed E-state index contributed by atoms with van der Waals surface area (Å²) in [7, 11) is 0. The van der Waals surface area contributed by atoms with E-state index in [9.17, 15) is 13.2 Å². The van der Waals surface area contributed by atoms with Gasteiger partial charge >= 0.3 is 6.36 Å². The maximum Gasteiger partial charge on any atom is 0.575 e. The van der Waals surface area contributed by atoms with Crippen LogP contribution in [0.1, 0.15) is 0 Å². The number of fused-ring (bicyclic) bond motifs is 1. The molecule has 0 aliphatic rings. The zero-order chi connectivity index (χ0) is 10.2. The van der Waals surface area contributed by atoms with Gasteiger partial charge in [0.05, 0.1) is 0 Å². The van der Waals surface area contributed by atoms with Crippen LogP contribution in [0.15, 0.2) is 34.7 Å². The third kappa shape index (κ3) is 1.81. The summed E-state index contributed by atoms with van der Waals surface area (Å²) in [5.74, 6) is -0.543. The molecular formula is C9H5F3O2. The van der Waals surface area contributed by atoms with Crippen LogP contribution in [-0.2, 0) is 0 Å². The lowest BCUT2D eigenvalue weighted by molar-refractivity contribution is -0.280. The fourth-order valence-corrected chi connectivity index (χ4v) is 1.12. The van der Waals surface area contributed by atoms with Crippen molar-refractivity contribution in [1.82, 2.24) is 0 Å². The van der Waals surface area contributed by atoms with Gasteiger partial charge in [-0.25, -0.2) is 0 Å². The first kappa shape index (κ1) is 8.93. The van der Waals surface area contributed by atoms with Crippen molar-refractivity contribution in [3.8, 4) is 5.95 Å². The Morgan fingerprint density at radius 1 is 1.14 bits per heavy atom. The number of para-hydroxylation sites is 1. The predicted molar refractivity (Wildman–Crippen MR) is 42.9 cm³/mol. The van der Waals surface area contributed by atoms with Crippen molar-refractivity contribution in [2.45, 2.75) is 6.36 Å². The van der Waals surface area contributed by atoms with Crippen LogP contribution in [0.5, 0.6) is 5.95 Å². The van der Waals surface area contributed by atoms with Gasteiger partial charge in [0.1, 0.15) is 5.58 Å². The Balaban J connectivity index is 2.36. The van der Waals surface area contributed by atoms with E-state index in [1.807, 2.05) is 0 Å². The predicted octanol–water partition coefficient (Wildman–Crippen LogP) is 3.33. The van der Waals surface area contributed by atoms with Gasteiger partial charge in [0.2, 0.25) is 0 Å². The zero-order valence-electron chi connectivity index (χ0n) is 6.84. The standard InChI is InChI=1S/C9H5F3O2/c10-9(11,12)14-8-5-6-3-1-2-4-7(6)13-8/h1-5H. The average molecular weight is 202 g/mol. The van der Waals surface area contributed by atoms with Crippen molar-refractivity contribution >= 4 is 11.0 Å². The highest BCUT2D eigenvalue weighted by atomic mass is 19.4. The van der Waals surface area contributed by atoms with Crippen LogP contribution in [0.3, 0.4) is 0 Å². The maximum atomic E-state index is 11.8. The van der Waals surface area contributed by atoms with E-state index < -0.39 is 12.3 Å². The molecule has 0 spiro atoms. The highest BCUT2D eigenvalue weighted by Crippen LogP contribution is 2.29. The van der Waals surface area contributed by atoms with Gasteiger partial charge in [0.15, 0.2) is 0 Å². The Hall–Kier alpha value is -1.65. The highest BCUT2D eigenvalue weighted by Gasteiger charge is 2.32. The average Bonchev–Trinajstić information content (AvgIpc) is 2.42. The highest BCUT2D eigenvalue weighted by molar-refractivity contribution is 5.78. The second-order valence-electron chi connectivity index (χ2n) is 2.65. The van der Waals surface area contributed by atoms with Crippen molar-refractivity contribution in [3.05, 3.63) is 30.3 Å². The minimum atomic E-state index is -4.71. The Kier molecular flexibility index (Phi) is 1.87. The number of hydrogen-bond donors (Lipinski definition) is 0. The van der Waals surface area contributed by atoms with Crippen LogP contribution in [0.4, 0.5) is 13.2 Å². The van der Waals surface area contributed by atoms with Gasteiger partial charge in [0, 0.05) is 11.5 Å². The molecule has 0 saturated carbocycles. The molecule has 0 bridgehead atoms. The number of furan rings is 1. The molecule has 0 amide bonds. The van der Waals surface area contributed by atoms with Gasteiger partial charge < -0.3 is 9.15 Å². The number of hydrogen-bond acceptors (Lipinski definition) is 2. The largest absolute Gasteiger partial charge is 0.575 e. The molecule has 14 heavy (non-hydrogen) atoms. The third-order valence-electron chi connectivity index (χ3n) is 1.62. The lowest BCUT2D eigenvalue weighted by Crippen LogP contribution is -2.16. The van der Waals surface area contributed by atoms with Gasteiger partial charge in [-0.15, -0.1) is 13.2 Å². The van der Waals surface area contributed by atoms with Crippen LogP contribution in [0, 0.1) is 0 Å². The van der Waals surface area contributed by atoms with Crippen molar-refractivity contribution in [3.63, 3.8) is 0 Å². The van der Waals surface area contributed by atoms with Crippen LogP contribution < -0.4 is 4.74 Å². The molecule has 0 saturated heterocycles. The Morgan fingerprint density at radius 3 is 2.50 bits per heavy atom. The number of alkyl halides is 3. The number of rotatable bonds is 1. The van der Waals surface area contributed by atoms with Crippen molar-refractivity contribution in [2.75, 3.05) is 0 Å². The summed E-state index contributed by atoms with van der Waals surface area (Å²) >= 11 is 0. The van der Waals surface area contributed by atoms with E-state index in [-0.39, 0.29) is 0 Å². The lowest BCUT2D eigenvalue weighted by Gasteiger charge is -2.03. The Labute approximate surface area is 76.9 Å². The molecule has 74 valence electrons. The molecule has 2 rings (SSSR count). The first-order valence-corrected chi connectivity index (χ1v) is 3.79. The lowest BCUT2D eigenvalue weighted by atomic mass is 10.3. The SMILES string of the molecule is FC(F)(F)Oc1cc2ccccc2o1. The summed E-state index contributed by atoms with van der Waals surface area (Å²) in [5, 5.41) is 0.576. The van der Waals surface area contributed by atoms with Gasteiger partial charge in [-0.2, -0.15) is 0 Å². The zero-order valence-corrected chi connectivity index (χ0v) is 6.84. The summed E-state index contributed by atoms with van der Waals surface area (Å²) in [5.41, 5.74) is 0.367. The molecule has 0 aliphatic carbocycles. The van der Waals surface area contributed by atoms with E-state index in [2.05, 4.69) is 4.74 Å². The molecule has 0 N–H and O–H groups in total. The summed E-state index contributed by atoms with van der Waals surface area (Å²) < 4.78 is 43.8. The first-order chi connectivity index (χ1) is 6.54. The van der Waals surface area contributed by atoms with E-state index in [0.717, 1.165) is 0 Å². The monoisotopic (exact) mass is 202 g/mol. The Morgan fingerprint density at radius 2 is 1.86 bits per heavy atom. The minimum absolute atomic E-state index is 0.367. The minimum Gasteiger partial charge on any atom is -0.425 e. The summed E-state index contributed by atoms with van der Waals surface area (Å²) in [6, 6.07) is 7.78. The van der Waals surface area contributed by atoms with Gasteiger partial charge in [-0.1, -0.05) is 18.2 Å². The van der Waals surface area contributed by atoms with E-state index in [0.29, 0.717) is 11.0 Å². The van der Waals surface area contributed by atoms with E-state index in [4.69, 9.17) is 4.42 Å². The molecule has 0 radical (unpaired) electrons.